The SMILES string of the molecule is Cc1cc(Br)cc2c1NC(C)(C)C(=O)N2. The third-order valence-corrected chi connectivity index (χ3v) is 3.01. The number of anilines is 2. The van der Waals surface area contributed by atoms with Crippen molar-refractivity contribution in [1.29, 1.82) is 0 Å². The van der Waals surface area contributed by atoms with E-state index in [4.69, 9.17) is 0 Å². The van der Waals surface area contributed by atoms with E-state index < -0.39 is 5.54 Å². The Morgan fingerprint density at radius 3 is 2.67 bits per heavy atom. The second-order valence-electron chi connectivity index (χ2n) is 4.35. The maximum atomic E-state index is 11.7. The first-order chi connectivity index (χ1) is 6.90. The fraction of sp³-hybridized carbons (Fsp3) is 0.364. The zero-order valence-electron chi connectivity index (χ0n) is 8.94. The summed E-state index contributed by atoms with van der Waals surface area (Å²) in [5.74, 6) is -0.00694. The topological polar surface area (TPSA) is 41.1 Å². The maximum Gasteiger partial charge on any atom is 0.249 e. The van der Waals surface area contributed by atoms with E-state index in [2.05, 4.69) is 26.6 Å². The Morgan fingerprint density at radius 2 is 2.00 bits per heavy atom. The van der Waals surface area contributed by atoms with Crippen LogP contribution in [0.25, 0.3) is 0 Å². The number of amides is 1. The second-order valence-corrected chi connectivity index (χ2v) is 5.27. The van der Waals surface area contributed by atoms with Crippen LogP contribution in [0, 0.1) is 6.92 Å². The molecule has 1 heterocycles. The predicted molar refractivity (Wildman–Crippen MR) is 65.2 cm³/mol. The van der Waals surface area contributed by atoms with E-state index in [9.17, 15) is 4.79 Å². The third kappa shape index (κ3) is 1.74. The van der Waals surface area contributed by atoms with E-state index in [1.54, 1.807) is 0 Å². The van der Waals surface area contributed by atoms with Gasteiger partial charge in [-0.2, -0.15) is 0 Å². The summed E-state index contributed by atoms with van der Waals surface area (Å²) in [5.41, 5.74) is 2.41. The van der Waals surface area contributed by atoms with E-state index in [1.165, 1.54) is 0 Å². The molecule has 1 aromatic carbocycles. The molecule has 3 nitrogen and oxygen atoms in total. The zero-order valence-corrected chi connectivity index (χ0v) is 10.5. The minimum Gasteiger partial charge on any atom is -0.370 e. The molecular formula is C11H13BrN2O. The fourth-order valence-corrected chi connectivity index (χ4v) is 2.23. The first-order valence-corrected chi connectivity index (χ1v) is 5.59. The molecule has 0 aromatic heterocycles. The number of halogens is 1. The van der Waals surface area contributed by atoms with E-state index in [0.29, 0.717) is 0 Å². The lowest BCUT2D eigenvalue weighted by atomic mass is 9.98. The van der Waals surface area contributed by atoms with Crippen LogP contribution in [0.2, 0.25) is 0 Å². The molecule has 80 valence electrons. The number of hydrogen-bond donors (Lipinski definition) is 2. The summed E-state index contributed by atoms with van der Waals surface area (Å²) in [6.45, 7) is 5.75. The van der Waals surface area contributed by atoms with Crippen molar-refractivity contribution >= 4 is 33.2 Å². The highest BCUT2D eigenvalue weighted by Crippen LogP contribution is 2.35. The van der Waals surface area contributed by atoms with Crippen molar-refractivity contribution in [1.82, 2.24) is 0 Å². The Bertz CT molecular complexity index is 440. The Morgan fingerprint density at radius 1 is 1.33 bits per heavy atom. The summed E-state index contributed by atoms with van der Waals surface area (Å²) in [6.07, 6.45) is 0. The van der Waals surface area contributed by atoms with Gasteiger partial charge in [-0.05, 0) is 38.5 Å². The molecule has 0 saturated carbocycles. The minimum absolute atomic E-state index is 0.00694. The van der Waals surface area contributed by atoms with Crippen LogP contribution in [0.5, 0.6) is 0 Å². The van der Waals surface area contributed by atoms with Gasteiger partial charge in [0, 0.05) is 4.47 Å². The van der Waals surface area contributed by atoms with Crippen LogP contribution in [0.4, 0.5) is 11.4 Å². The normalized spacial score (nSPS) is 17.7. The van der Waals surface area contributed by atoms with Gasteiger partial charge in [-0.15, -0.1) is 0 Å². The lowest BCUT2D eigenvalue weighted by Gasteiger charge is -2.33. The monoisotopic (exact) mass is 268 g/mol. The minimum atomic E-state index is -0.550. The first kappa shape index (κ1) is 10.5. The standard InChI is InChI=1S/C11H13BrN2O/c1-6-4-7(12)5-8-9(6)14-11(2,3)10(15)13-8/h4-5,14H,1-3H3,(H,13,15). The van der Waals surface area contributed by atoms with Crippen molar-refractivity contribution in [2.75, 3.05) is 10.6 Å². The van der Waals surface area contributed by atoms with E-state index >= 15 is 0 Å². The summed E-state index contributed by atoms with van der Waals surface area (Å²) in [4.78, 5) is 11.7. The average Bonchev–Trinajstić information content (AvgIpc) is 2.09. The van der Waals surface area contributed by atoms with Gasteiger partial charge in [0.05, 0.1) is 11.4 Å². The third-order valence-electron chi connectivity index (χ3n) is 2.55. The van der Waals surface area contributed by atoms with E-state index in [1.807, 2.05) is 32.9 Å². The number of rotatable bonds is 0. The summed E-state index contributed by atoms with van der Waals surface area (Å²) >= 11 is 3.41. The van der Waals surface area contributed by atoms with Crippen LogP contribution >= 0.6 is 15.9 Å². The molecule has 4 heteroatoms. The molecule has 0 fully saturated rings. The number of carbonyl (C=O) groups excluding carboxylic acids is 1. The summed E-state index contributed by atoms with van der Waals surface area (Å²) < 4.78 is 0.973. The Balaban J connectivity index is 2.55. The highest BCUT2D eigenvalue weighted by Gasteiger charge is 2.33. The van der Waals surface area contributed by atoms with Crippen molar-refractivity contribution in [3.05, 3.63) is 22.2 Å². The molecule has 0 radical (unpaired) electrons. The van der Waals surface area contributed by atoms with Crippen molar-refractivity contribution in [3.8, 4) is 0 Å². The molecule has 2 N–H and O–H groups in total. The number of benzene rings is 1. The van der Waals surface area contributed by atoms with Crippen molar-refractivity contribution < 1.29 is 4.79 Å². The molecular weight excluding hydrogens is 256 g/mol. The average molecular weight is 269 g/mol. The molecule has 0 aliphatic carbocycles. The van der Waals surface area contributed by atoms with Crippen molar-refractivity contribution in [3.63, 3.8) is 0 Å². The number of fused-ring (bicyclic) bond motifs is 1. The van der Waals surface area contributed by atoms with Crippen LogP contribution in [-0.2, 0) is 4.79 Å². The second kappa shape index (κ2) is 3.23. The highest BCUT2D eigenvalue weighted by atomic mass is 79.9. The lowest BCUT2D eigenvalue weighted by Crippen LogP contribution is -2.47. The molecule has 0 bridgehead atoms. The van der Waals surface area contributed by atoms with Crippen LogP contribution in [0.3, 0.4) is 0 Å². The smallest absolute Gasteiger partial charge is 0.249 e. The first-order valence-electron chi connectivity index (χ1n) is 4.80. The number of aryl methyl sites for hydroxylation is 1. The van der Waals surface area contributed by atoms with Crippen LogP contribution in [-0.4, -0.2) is 11.4 Å². The molecule has 15 heavy (non-hydrogen) atoms. The molecule has 0 saturated heterocycles. The molecule has 2 rings (SSSR count). The van der Waals surface area contributed by atoms with Crippen LogP contribution < -0.4 is 10.6 Å². The maximum absolute atomic E-state index is 11.7. The Labute approximate surface area is 97.4 Å². The molecule has 1 aliphatic rings. The van der Waals surface area contributed by atoms with E-state index in [-0.39, 0.29) is 5.91 Å². The predicted octanol–water partition coefficient (Wildman–Crippen LogP) is 2.90. The van der Waals surface area contributed by atoms with Crippen molar-refractivity contribution in [2.45, 2.75) is 26.3 Å². The van der Waals surface area contributed by atoms with Crippen LogP contribution in [0.15, 0.2) is 16.6 Å². The van der Waals surface area contributed by atoms with Gasteiger partial charge >= 0.3 is 0 Å². The Kier molecular flexibility index (Phi) is 2.26. The number of hydrogen-bond acceptors (Lipinski definition) is 2. The van der Waals surface area contributed by atoms with Crippen molar-refractivity contribution in [2.24, 2.45) is 0 Å². The molecule has 1 aromatic rings. The molecule has 1 amide bonds. The largest absolute Gasteiger partial charge is 0.370 e. The van der Waals surface area contributed by atoms with Gasteiger partial charge < -0.3 is 10.6 Å². The molecule has 0 unspecified atom stereocenters. The fourth-order valence-electron chi connectivity index (χ4n) is 1.66. The lowest BCUT2D eigenvalue weighted by molar-refractivity contribution is -0.119. The van der Waals surface area contributed by atoms with Gasteiger partial charge in [-0.25, -0.2) is 0 Å². The zero-order chi connectivity index (χ0) is 11.2. The van der Waals surface area contributed by atoms with Gasteiger partial charge in [0.25, 0.3) is 0 Å². The Hall–Kier alpha value is -1.03. The highest BCUT2D eigenvalue weighted by molar-refractivity contribution is 9.10. The molecule has 0 atom stereocenters. The molecule has 0 spiro atoms. The van der Waals surface area contributed by atoms with Crippen LogP contribution in [0.1, 0.15) is 19.4 Å². The van der Waals surface area contributed by atoms with Gasteiger partial charge in [-0.3, -0.25) is 4.79 Å². The summed E-state index contributed by atoms with van der Waals surface area (Å²) in [7, 11) is 0. The van der Waals surface area contributed by atoms with Gasteiger partial charge in [0.15, 0.2) is 0 Å². The van der Waals surface area contributed by atoms with Gasteiger partial charge in [0.2, 0.25) is 5.91 Å². The number of carbonyl (C=O) groups is 1. The molecule has 1 aliphatic heterocycles. The summed E-state index contributed by atoms with van der Waals surface area (Å²) in [5, 5.41) is 6.15. The van der Waals surface area contributed by atoms with Gasteiger partial charge in [0.1, 0.15) is 5.54 Å². The van der Waals surface area contributed by atoms with E-state index in [0.717, 1.165) is 21.4 Å². The number of nitrogens with one attached hydrogen (secondary N) is 2. The summed E-state index contributed by atoms with van der Waals surface area (Å²) in [6, 6.07) is 3.93. The van der Waals surface area contributed by atoms with Gasteiger partial charge in [-0.1, -0.05) is 15.9 Å². The quantitative estimate of drug-likeness (QED) is 0.760.